The Morgan fingerprint density at radius 1 is 0.650 bits per heavy atom. The lowest BCUT2D eigenvalue weighted by Gasteiger charge is -2.22. The fourth-order valence-corrected chi connectivity index (χ4v) is 6.88. The molecule has 8 rings (SSSR count). The summed E-state index contributed by atoms with van der Waals surface area (Å²) in [6.07, 6.45) is 4.71. The third kappa shape index (κ3) is 17.1. The minimum absolute atomic E-state index is 0. The summed E-state index contributed by atoms with van der Waals surface area (Å²) in [7, 11) is 5.00. The summed E-state index contributed by atoms with van der Waals surface area (Å²) in [6, 6.07) is 33.8. The van der Waals surface area contributed by atoms with E-state index in [1.165, 1.54) is 38.9 Å². The van der Waals surface area contributed by atoms with Crippen molar-refractivity contribution in [3.8, 4) is 28.7 Å². The second kappa shape index (κ2) is 26.0. The molecule has 3 heterocycles. The average molecular weight is 821 g/mol. The first-order chi connectivity index (χ1) is 28.5. The van der Waals surface area contributed by atoms with Gasteiger partial charge in [-0.25, -0.2) is 0 Å². The molecule has 0 amide bonds. The van der Waals surface area contributed by atoms with E-state index in [4.69, 9.17) is 25.1 Å². The summed E-state index contributed by atoms with van der Waals surface area (Å²) in [4.78, 5) is 10.7. The lowest BCUT2D eigenvalue weighted by atomic mass is 9.97. The SMILES string of the molecule is C.CC1Cc2ccc(O)cc2CN1.COc1ccc(CC(C)=O)cc1.COc1ccc(CC(C)N)cc1.COc1ccc2c(c1)CNCC2.Oc1ccc2c(c1)CNCC2. The Hall–Kier alpha value is -5.39. The van der Waals surface area contributed by atoms with E-state index >= 15 is 0 Å². The van der Waals surface area contributed by atoms with Crippen molar-refractivity contribution in [2.45, 2.75) is 92.0 Å². The smallest absolute Gasteiger partial charge is 0.134 e. The zero-order valence-electron chi connectivity index (χ0n) is 35.6. The van der Waals surface area contributed by atoms with E-state index in [-0.39, 0.29) is 19.3 Å². The van der Waals surface area contributed by atoms with Crippen molar-refractivity contribution in [1.29, 1.82) is 0 Å². The Labute approximate surface area is 358 Å². The van der Waals surface area contributed by atoms with E-state index in [0.717, 1.165) is 81.2 Å². The van der Waals surface area contributed by atoms with Crippen LogP contribution in [-0.2, 0) is 56.5 Å². The largest absolute Gasteiger partial charge is 0.508 e. The van der Waals surface area contributed by atoms with Crippen molar-refractivity contribution in [2.75, 3.05) is 34.4 Å². The normalized spacial score (nSPS) is 14.8. The second-order valence-corrected chi connectivity index (χ2v) is 15.1. The molecule has 2 unspecified atom stereocenters. The maximum absolute atomic E-state index is 10.7. The van der Waals surface area contributed by atoms with Crippen LogP contribution < -0.4 is 35.9 Å². The average Bonchev–Trinajstić information content (AvgIpc) is 3.24. The second-order valence-electron chi connectivity index (χ2n) is 15.1. The molecule has 0 bridgehead atoms. The number of ketones is 1. The third-order valence-electron chi connectivity index (χ3n) is 10.1. The maximum atomic E-state index is 10.7. The van der Waals surface area contributed by atoms with Crippen molar-refractivity contribution >= 4 is 5.78 Å². The summed E-state index contributed by atoms with van der Waals surface area (Å²) < 4.78 is 15.2. The molecule has 0 aromatic heterocycles. The summed E-state index contributed by atoms with van der Waals surface area (Å²) in [5.41, 5.74) is 16.0. The first-order valence-corrected chi connectivity index (χ1v) is 20.4. The molecule has 0 saturated carbocycles. The third-order valence-corrected chi connectivity index (χ3v) is 10.1. The summed E-state index contributed by atoms with van der Waals surface area (Å²) in [5.74, 6) is 3.58. The number of rotatable bonds is 7. The Morgan fingerprint density at radius 2 is 1.10 bits per heavy atom. The molecule has 10 nitrogen and oxygen atoms in total. The number of ether oxygens (including phenoxy) is 3. The molecule has 10 heteroatoms. The van der Waals surface area contributed by atoms with Gasteiger partial charge in [0.05, 0.1) is 21.3 Å². The van der Waals surface area contributed by atoms with Crippen LogP contribution in [0.15, 0.2) is 103 Å². The lowest BCUT2D eigenvalue weighted by molar-refractivity contribution is -0.116. The predicted octanol–water partition coefficient (Wildman–Crippen LogP) is 7.85. The van der Waals surface area contributed by atoms with E-state index in [1.807, 2.05) is 85.8 Å². The molecule has 324 valence electrons. The molecule has 0 saturated heterocycles. The van der Waals surface area contributed by atoms with Gasteiger partial charge in [0.1, 0.15) is 34.5 Å². The molecule has 5 aromatic rings. The highest BCUT2D eigenvalue weighted by molar-refractivity contribution is 5.78. The van der Waals surface area contributed by atoms with Crippen molar-refractivity contribution < 1.29 is 29.2 Å². The standard InChI is InChI=1S/2C10H13NO.C10H15NO.C10H12O2.C9H11NO.CH4/c1-7-4-8-2-3-10(12)5-9(8)6-11-7;1-12-10-3-2-8-4-5-11-7-9(8)6-10;2*1-8(11)7-9-3-5-10(12-2)6-4-9;11-9-2-1-7-3-4-10-6-8(7)5-9;/h2-3,5,7,11-12H,4,6H2,1H3;2-3,6,11H,4-5,7H2,1H3;3-6,8H,7,11H2,1-2H3;3-6H,7H2,1-2H3;1-2,5,10-11H,3-4,6H2;1H4. The topological polar surface area (TPSA) is 147 Å². The molecule has 3 aliphatic rings. The zero-order valence-corrected chi connectivity index (χ0v) is 35.6. The monoisotopic (exact) mass is 821 g/mol. The number of phenolic OH excluding ortho intramolecular Hbond substituents is 2. The highest BCUT2D eigenvalue weighted by Gasteiger charge is 2.14. The van der Waals surface area contributed by atoms with E-state index < -0.39 is 0 Å². The van der Waals surface area contributed by atoms with Gasteiger partial charge in [0.15, 0.2) is 0 Å². The van der Waals surface area contributed by atoms with Crippen LogP contribution in [-0.4, -0.2) is 62.5 Å². The van der Waals surface area contributed by atoms with Gasteiger partial charge in [-0.05, 0) is 165 Å². The zero-order chi connectivity index (χ0) is 42.6. The number of methoxy groups -OCH3 is 3. The fourth-order valence-electron chi connectivity index (χ4n) is 6.88. The molecule has 5 aromatic carbocycles. The highest BCUT2D eigenvalue weighted by Crippen LogP contribution is 2.22. The lowest BCUT2D eigenvalue weighted by Crippen LogP contribution is -2.32. The first-order valence-electron chi connectivity index (χ1n) is 20.4. The Balaban J connectivity index is 0.000000199. The van der Waals surface area contributed by atoms with Crippen LogP contribution in [0.25, 0.3) is 0 Å². The fraction of sp³-hybridized carbons (Fsp3) is 0.380. The van der Waals surface area contributed by atoms with Gasteiger partial charge in [-0.15, -0.1) is 0 Å². The highest BCUT2D eigenvalue weighted by atomic mass is 16.5. The van der Waals surface area contributed by atoms with Gasteiger partial charge in [0, 0.05) is 38.1 Å². The quantitative estimate of drug-likeness (QED) is 0.0960. The first kappa shape index (κ1) is 49.0. The van der Waals surface area contributed by atoms with Gasteiger partial charge in [-0.1, -0.05) is 49.9 Å². The van der Waals surface area contributed by atoms with Crippen LogP contribution in [0.2, 0.25) is 0 Å². The van der Waals surface area contributed by atoms with E-state index in [2.05, 4.69) is 35.0 Å². The number of benzene rings is 5. The number of aromatic hydroxyl groups is 2. The van der Waals surface area contributed by atoms with Crippen molar-refractivity contribution in [2.24, 2.45) is 5.73 Å². The Bertz CT molecular complexity index is 2020. The van der Waals surface area contributed by atoms with Crippen LogP contribution in [0.1, 0.15) is 72.7 Å². The molecule has 0 radical (unpaired) electrons. The number of hydrogen-bond acceptors (Lipinski definition) is 10. The minimum atomic E-state index is 0. The molecule has 0 spiro atoms. The summed E-state index contributed by atoms with van der Waals surface area (Å²) in [6.45, 7) is 10.7. The molecule has 0 aliphatic carbocycles. The van der Waals surface area contributed by atoms with Gasteiger partial charge in [0.25, 0.3) is 0 Å². The van der Waals surface area contributed by atoms with Crippen LogP contribution in [0.5, 0.6) is 28.7 Å². The van der Waals surface area contributed by atoms with Gasteiger partial charge < -0.3 is 46.1 Å². The van der Waals surface area contributed by atoms with Gasteiger partial charge in [-0.2, -0.15) is 0 Å². The number of carbonyl (C=O) groups excluding carboxylic acids is 1. The number of fused-ring (bicyclic) bond motifs is 3. The number of phenols is 2. The number of hydrogen-bond donors (Lipinski definition) is 6. The minimum Gasteiger partial charge on any atom is -0.508 e. The number of Topliss-reactive ketones (excluding diaryl/α,β-unsaturated/α-hetero) is 1. The molecule has 7 N–H and O–H groups in total. The molecule has 60 heavy (non-hydrogen) atoms. The Morgan fingerprint density at radius 3 is 1.60 bits per heavy atom. The van der Waals surface area contributed by atoms with Crippen LogP contribution >= 0.6 is 0 Å². The van der Waals surface area contributed by atoms with Crippen LogP contribution in [0.3, 0.4) is 0 Å². The van der Waals surface area contributed by atoms with Gasteiger partial charge in [0.2, 0.25) is 0 Å². The van der Waals surface area contributed by atoms with Gasteiger partial charge >= 0.3 is 0 Å². The number of nitrogens with two attached hydrogens (primary N) is 1. The molecule has 3 aliphatic heterocycles. The molecule has 0 fully saturated rings. The maximum Gasteiger partial charge on any atom is 0.134 e. The van der Waals surface area contributed by atoms with Crippen molar-refractivity contribution in [1.82, 2.24) is 16.0 Å². The van der Waals surface area contributed by atoms with Crippen LogP contribution in [0.4, 0.5) is 0 Å². The summed E-state index contributed by atoms with van der Waals surface area (Å²) in [5, 5.41) is 28.3. The van der Waals surface area contributed by atoms with Crippen molar-refractivity contribution in [3.05, 3.63) is 148 Å². The van der Waals surface area contributed by atoms with Crippen molar-refractivity contribution in [3.63, 3.8) is 0 Å². The molecular formula is C50H68N4O6. The van der Waals surface area contributed by atoms with E-state index in [1.54, 1.807) is 40.4 Å². The van der Waals surface area contributed by atoms with Crippen LogP contribution in [0, 0.1) is 0 Å². The molecule has 2 atom stereocenters. The van der Waals surface area contributed by atoms with E-state index in [9.17, 15) is 9.90 Å². The number of carbonyl (C=O) groups is 1. The predicted molar refractivity (Wildman–Crippen MR) is 244 cm³/mol. The Kier molecular flexibility index (Phi) is 21.2. The van der Waals surface area contributed by atoms with Gasteiger partial charge in [-0.3, -0.25) is 4.79 Å². The molecular weight excluding hydrogens is 753 g/mol. The number of nitrogens with one attached hydrogen (secondary N) is 3. The summed E-state index contributed by atoms with van der Waals surface area (Å²) >= 11 is 0. The van der Waals surface area contributed by atoms with E-state index in [0.29, 0.717) is 24.0 Å².